The Bertz CT molecular complexity index is 1020. The average Bonchev–Trinajstić information content (AvgIpc) is 2.60. The van der Waals surface area contributed by atoms with E-state index >= 15 is 0 Å². The van der Waals surface area contributed by atoms with Crippen molar-refractivity contribution in [1.29, 1.82) is 0 Å². The maximum absolute atomic E-state index is 12.3. The van der Waals surface area contributed by atoms with E-state index in [4.69, 9.17) is 0 Å². The topological polar surface area (TPSA) is 81.1 Å². The first-order valence-corrected chi connectivity index (χ1v) is 7.81. The van der Waals surface area contributed by atoms with Gasteiger partial charge < -0.3 is 5.32 Å². The van der Waals surface area contributed by atoms with Crippen molar-refractivity contribution < 1.29 is 9.59 Å². The summed E-state index contributed by atoms with van der Waals surface area (Å²) in [6.07, 6.45) is 0.0447. The van der Waals surface area contributed by atoms with Crippen molar-refractivity contribution >= 4 is 28.2 Å². The third-order valence-electron chi connectivity index (χ3n) is 3.94. The normalized spacial score (nSPS) is 10.6. The zero-order valence-electron chi connectivity index (χ0n) is 13.9. The SMILES string of the molecule is CC(=O)c1ccc(NC(=O)Cc2nn(C)c(=O)c3ccccc23)cc1. The highest BCUT2D eigenvalue weighted by molar-refractivity contribution is 5.97. The second kappa shape index (κ2) is 6.68. The first-order valence-electron chi connectivity index (χ1n) is 7.81. The molecular formula is C19H17N3O3. The lowest BCUT2D eigenvalue weighted by molar-refractivity contribution is -0.115. The number of Topliss-reactive ketones (excluding diaryl/α,β-unsaturated/α-hetero) is 1. The number of nitrogens with one attached hydrogen (secondary N) is 1. The minimum absolute atomic E-state index is 0.0289. The number of carbonyl (C=O) groups excluding carboxylic acids is 2. The monoisotopic (exact) mass is 335 g/mol. The van der Waals surface area contributed by atoms with Crippen LogP contribution in [-0.4, -0.2) is 21.5 Å². The van der Waals surface area contributed by atoms with Gasteiger partial charge in [0.05, 0.1) is 17.5 Å². The quantitative estimate of drug-likeness (QED) is 0.742. The Morgan fingerprint density at radius 2 is 1.68 bits per heavy atom. The van der Waals surface area contributed by atoms with Crippen LogP contribution in [0.25, 0.3) is 10.8 Å². The molecule has 0 aliphatic heterocycles. The maximum atomic E-state index is 12.3. The van der Waals surface area contributed by atoms with Crippen LogP contribution in [0, 0.1) is 0 Å². The molecule has 0 atom stereocenters. The van der Waals surface area contributed by atoms with Crippen molar-refractivity contribution in [1.82, 2.24) is 9.78 Å². The van der Waals surface area contributed by atoms with Gasteiger partial charge in [-0.3, -0.25) is 14.4 Å². The summed E-state index contributed by atoms with van der Waals surface area (Å²) in [4.78, 5) is 35.7. The van der Waals surface area contributed by atoms with Crippen LogP contribution in [0.3, 0.4) is 0 Å². The molecule has 0 aliphatic rings. The van der Waals surface area contributed by atoms with E-state index in [9.17, 15) is 14.4 Å². The molecule has 0 unspecified atom stereocenters. The highest BCUT2D eigenvalue weighted by atomic mass is 16.2. The number of anilines is 1. The van der Waals surface area contributed by atoms with Crippen LogP contribution < -0.4 is 10.9 Å². The van der Waals surface area contributed by atoms with Crippen LogP contribution in [0.15, 0.2) is 53.3 Å². The summed E-state index contributed by atoms with van der Waals surface area (Å²) < 4.78 is 1.24. The van der Waals surface area contributed by atoms with E-state index in [2.05, 4.69) is 10.4 Å². The molecule has 0 radical (unpaired) electrons. The summed E-state index contributed by atoms with van der Waals surface area (Å²) in [5.41, 5.74) is 1.53. The minimum atomic E-state index is -0.244. The predicted molar refractivity (Wildman–Crippen MR) is 95.8 cm³/mol. The fraction of sp³-hybridized carbons (Fsp3) is 0.158. The average molecular weight is 335 g/mol. The van der Waals surface area contributed by atoms with Crippen LogP contribution in [0.5, 0.6) is 0 Å². The molecule has 0 aliphatic carbocycles. The lowest BCUT2D eigenvalue weighted by Gasteiger charge is -2.09. The largest absolute Gasteiger partial charge is 0.326 e. The summed E-state index contributed by atoms with van der Waals surface area (Å²) in [6, 6.07) is 13.8. The molecule has 0 spiro atoms. The number of hydrogen-bond acceptors (Lipinski definition) is 4. The van der Waals surface area contributed by atoms with Gasteiger partial charge in [0, 0.05) is 23.7 Å². The molecule has 2 aromatic carbocycles. The summed E-state index contributed by atoms with van der Waals surface area (Å²) in [5, 5.41) is 8.21. The van der Waals surface area contributed by atoms with E-state index in [0.717, 1.165) is 0 Å². The van der Waals surface area contributed by atoms with Crippen molar-refractivity contribution in [3.63, 3.8) is 0 Å². The molecule has 0 bridgehead atoms. The van der Waals surface area contributed by atoms with Crippen molar-refractivity contribution in [2.45, 2.75) is 13.3 Å². The lowest BCUT2D eigenvalue weighted by atomic mass is 10.1. The van der Waals surface area contributed by atoms with E-state index in [-0.39, 0.29) is 23.7 Å². The number of carbonyl (C=O) groups is 2. The van der Waals surface area contributed by atoms with Gasteiger partial charge in [0.25, 0.3) is 5.56 Å². The molecule has 3 rings (SSSR count). The Morgan fingerprint density at radius 1 is 1.04 bits per heavy atom. The smallest absolute Gasteiger partial charge is 0.274 e. The second-order valence-corrected chi connectivity index (χ2v) is 5.78. The number of fused-ring (bicyclic) bond motifs is 1. The van der Waals surface area contributed by atoms with E-state index in [1.54, 1.807) is 49.5 Å². The van der Waals surface area contributed by atoms with Crippen LogP contribution >= 0.6 is 0 Å². The number of nitrogens with zero attached hydrogens (tertiary/aromatic N) is 2. The highest BCUT2D eigenvalue weighted by Gasteiger charge is 2.12. The highest BCUT2D eigenvalue weighted by Crippen LogP contribution is 2.15. The van der Waals surface area contributed by atoms with E-state index in [1.165, 1.54) is 11.6 Å². The standard InChI is InChI=1S/C19H17N3O3/c1-12(23)13-7-9-14(10-8-13)20-18(24)11-17-15-5-3-4-6-16(15)19(25)22(2)21-17/h3-10H,11H2,1-2H3,(H,20,24). The van der Waals surface area contributed by atoms with E-state index in [1.807, 2.05) is 6.07 Å². The second-order valence-electron chi connectivity index (χ2n) is 5.78. The van der Waals surface area contributed by atoms with Crippen LogP contribution in [0.4, 0.5) is 5.69 Å². The Hall–Kier alpha value is -3.28. The van der Waals surface area contributed by atoms with Crippen LogP contribution in [0.1, 0.15) is 23.0 Å². The molecule has 3 aromatic rings. The van der Waals surface area contributed by atoms with Crippen LogP contribution in [0.2, 0.25) is 0 Å². The number of hydrogen-bond donors (Lipinski definition) is 1. The van der Waals surface area contributed by atoms with Gasteiger partial charge in [0.2, 0.25) is 5.91 Å². The Labute approximate surface area is 144 Å². The van der Waals surface area contributed by atoms with Gasteiger partial charge in [-0.15, -0.1) is 0 Å². The molecule has 0 saturated carbocycles. The minimum Gasteiger partial charge on any atom is -0.326 e. The molecule has 1 amide bonds. The molecular weight excluding hydrogens is 318 g/mol. The van der Waals surface area contributed by atoms with Gasteiger partial charge >= 0.3 is 0 Å². The molecule has 6 nitrogen and oxygen atoms in total. The summed E-state index contributed by atoms with van der Waals surface area (Å²) in [7, 11) is 1.57. The summed E-state index contributed by atoms with van der Waals surface area (Å²) in [6.45, 7) is 1.49. The number of ketones is 1. The van der Waals surface area contributed by atoms with Gasteiger partial charge in [-0.2, -0.15) is 5.10 Å². The lowest BCUT2D eigenvalue weighted by Crippen LogP contribution is -2.24. The van der Waals surface area contributed by atoms with Crippen LogP contribution in [-0.2, 0) is 18.3 Å². The Morgan fingerprint density at radius 3 is 2.32 bits per heavy atom. The molecule has 0 fully saturated rings. The Balaban J connectivity index is 1.84. The predicted octanol–water partition coefficient (Wildman–Crippen LogP) is 2.32. The summed E-state index contributed by atoms with van der Waals surface area (Å²) >= 11 is 0. The molecule has 1 N–H and O–H groups in total. The molecule has 1 heterocycles. The van der Waals surface area contributed by atoms with Crippen molar-refractivity contribution in [2.24, 2.45) is 7.05 Å². The van der Waals surface area contributed by atoms with Crippen molar-refractivity contribution in [3.8, 4) is 0 Å². The first kappa shape index (κ1) is 16.6. The fourth-order valence-corrected chi connectivity index (χ4v) is 2.65. The number of benzene rings is 2. The summed E-state index contributed by atoms with van der Waals surface area (Å²) in [5.74, 6) is -0.273. The Kier molecular flexibility index (Phi) is 4.43. The molecule has 25 heavy (non-hydrogen) atoms. The van der Waals surface area contributed by atoms with Gasteiger partial charge in [0.1, 0.15) is 0 Å². The number of amides is 1. The first-order chi connectivity index (χ1) is 12.0. The fourth-order valence-electron chi connectivity index (χ4n) is 2.65. The maximum Gasteiger partial charge on any atom is 0.274 e. The molecule has 6 heteroatoms. The third kappa shape index (κ3) is 3.47. The zero-order chi connectivity index (χ0) is 18.0. The van der Waals surface area contributed by atoms with Crippen molar-refractivity contribution in [3.05, 3.63) is 70.1 Å². The number of aryl methyl sites for hydroxylation is 1. The van der Waals surface area contributed by atoms with E-state index < -0.39 is 0 Å². The number of rotatable bonds is 4. The van der Waals surface area contributed by atoms with Gasteiger partial charge in [-0.25, -0.2) is 4.68 Å². The van der Waals surface area contributed by atoms with Crippen molar-refractivity contribution in [2.75, 3.05) is 5.32 Å². The van der Waals surface area contributed by atoms with Gasteiger partial charge in [-0.05, 0) is 37.3 Å². The molecule has 126 valence electrons. The third-order valence-corrected chi connectivity index (χ3v) is 3.94. The van der Waals surface area contributed by atoms with Gasteiger partial charge in [-0.1, -0.05) is 18.2 Å². The number of aromatic nitrogens is 2. The van der Waals surface area contributed by atoms with Gasteiger partial charge in [0.15, 0.2) is 5.78 Å². The molecule has 1 aromatic heterocycles. The zero-order valence-corrected chi connectivity index (χ0v) is 13.9. The van der Waals surface area contributed by atoms with E-state index in [0.29, 0.717) is 27.7 Å². The molecule has 0 saturated heterocycles.